The number of carboxylic acids is 1. The van der Waals surface area contributed by atoms with E-state index >= 15 is 0 Å². The molecule has 0 bridgehead atoms. The van der Waals surface area contributed by atoms with Gasteiger partial charge in [-0.25, -0.2) is 4.79 Å². The monoisotopic (exact) mass is 292 g/mol. The van der Waals surface area contributed by atoms with Crippen LogP contribution in [0.25, 0.3) is 0 Å². The van der Waals surface area contributed by atoms with Crippen molar-refractivity contribution in [2.24, 2.45) is 0 Å². The van der Waals surface area contributed by atoms with Crippen LogP contribution in [0.4, 0.5) is 4.79 Å². The van der Waals surface area contributed by atoms with Crippen molar-refractivity contribution in [1.82, 2.24) is 10.6 Å². The minimum absolute atomic E-state index is 0.0659. The molecule has 21 heavy (non-hydrogen) atoms. The van der Waals surface area contributed by atoms with Gasteiger partial charge in [0, 0.05) is 13.0 Å². The number of nitrogens with one attached hydrogen (secondary N) is 2. The minimum atomic E-state index is -1.02. The average molecular weight is 292 g/mol. The van der Waals surface area contributed by atoms with E-state index in [9.17, 15) is 14.4 Å². The Morgan fingerprint density at radius 2 is 1.71 bits per heavy atom. The number of aliphatic carboxylic acids is 1. The molecular weight excluding hydrogens is 272 g/mol. The summed E-state index contributed by atoms with van der Waals surface area (Å²) in [6.45, 7) is 0.377. The molecule has 0 unspecified atom stereocenters. The van der Waals surface area contributed by atoms with Gasteiger partial charge in [-0.15, -0.1) is 0 Å². The normalized spacial score (nSPS) is 9.90. The second-order valence-electron chi connectivity index (χ2n) is 4.63. The number of rotatable bonds is 9. The maximum atomic E-state index is 11.4. The van der Waals surface area contributed by atoms with Crippen molar-refractivity contribution >= 4 is 17.8 Å². The zero-order valence-electron chi connectivity index (χ0n) is 11.8. The van der Waals surface area contributed by atoms with E-state index in [2.05, 4.69) is 10.6 Å². The molecule has 0 saturated heterocycles. The summed E-state index contributed by atoms with van der Waals surface area (Å²) < 4.78 is 0. The molecule has 0 fully saturated rings. The summed E-state index contributed by atoms with van der Waals surface area (Å²) >= 11 is 0. The number of ketones is 1. The van der Waals surface area contributed by atoms with Gasteiger partial charge < -0.3 is 15.7 Å². The SMILES string of the molecule is O=C(O)CCC(=O)CNC(=O)NCCCc1ccccc1. The van der Waals surface area contributed by atoms with Crippen LogP contribution in [0, 0.1) is 0 Å². The number of hydrogen-bond donors (Lipinski definition) is 3. The molecule has 114 valence electrons. The quantitative estimate of drug-likeness (QED) is 0.599. The summed E-state index contributed by atoms with van der Waals surface area (Å²) in [4.78, 5) is 32.9. The molecule has 0 aliphatic heterocycles. The number of aryl methyl sites for hydroxylation is 1. The summed E-state index contributed by atoms with van der Waals surface area (Å²) in [5.74, 6) is -1.31. The van der Waals surface area contributed by atoms with Crippen LogP contribution in [-0.4, -0.2) is 36.0 Å². The Morgan fingerprint density at radius 3 is 2.38 bits per heavy atom. The molecule has 0 heterocycles. The summed E-state index contributed by atoms with van der Waals surface area (Å²) in [6, 6.07) is 9.54. The Balaban J connectivity index is 2.06. The van der Waals surface area contributed by atoms with E-state index in [0.29, 0.717) is 6.54 Å². The van der Waals surface area contributed by atoms with Crippen molar-refractivity contribution in [3.05, 3.63) is 35.9 Å². The molecule has 0 saturated carbocycles. The number of amides is 2. The highest BCUT2D eigenvalue weighted by atomic mass is 16.4. The minimum Gasteiger partial charge on any atom is -0.481 e. The molecule has 6 heteroatoms. The third-order valence-electron chi connectivity index (χ3n) is 2.83. The van der Waals surface area contributed by atoms with Gasteiger partial charge in [0.1, 0.15) is 0 Å². The first-order valence-corrected chi connectivity index (χ1v) is 6.87. The maximum absolute atomic E-state index is 11.4. The molecule has 0 spiro atoms. The topological polar surface area (TPSA) is 95.5 Å². The lowest BCUT2D eigenvalue weighted by molar-refractivity contribution is -0.138. The Hall–Kier alpha value is -2.37. The Labute approximate surface area is 123 Å². The molecule has 1 rings (SSSR count). The van der Waals surface area contributed by atoms with Gasteiger partial charge in [-0.2, -0.15) is 0 Å². The van der Waals surface area contributed by atoms with Gasteiger partial charge in [0.05, 0.1) is 13.0 Å². The maximum Gasteiger partial charge on any atom is 0.315 e. The van der Waals surface area contributed by atoms with Crippen LogP contribution in [0.5, 0.6) is 0 Å². The van der Waals surface area contributed by atoms with Gasteiger partial charge in [0.15, 0.2) is 5.78 Å². The fourth-order valence-electron chi connectivity index (χ4n) is 1.72. The Kier molecular flexibility index (Phi) is 7.56. The molecule has 1 aromatic carbocycles. The molecule has 0 aliphatic carbocycles. The van der Waals surface area contributed by atoms with Gasteiger partial charge >= 0.3 is 12.0 Å². The fraction of sp³-hybridized carbons (Fsp3) is 0.400. The molecule has 2 amide bonds. The number of benzene rings is 1. The fourth-order valence-corrected chi connectivity index (χ4v) is 1.72. The number of carbonyl (C=O) groups is 3. The van der Waals surface area contributed by atoms with Crippen molar-refractivity contribution in [3.63, 3.8) is 0 Å². The molecular formula is C15H20N2O4. The van der Waals surface area contributed by atoms with E-state index in [0.717, 1.165) is 12.8 Å². The molecule has 0 aromatic heterocycles. The number of Topliss-reactive ketones (excluding diaryl/α,β-unsaturated/α-hetero) is 1. The van der Waals surface area contributed by atoms with Crippen LogP contribution >= 0.6 is 0 Å². The van der Waals surface area contributed by atoms with E-state index in [4.69, 9.17) is 5.11 Å². The number of carbonyl (C=O) groups excluding carboxylic acids is 2. The third-order valence-corrected chi connectivity index (χ3v) is 2.83. The van der Waals surface area contributed by atoms with E-state index in [-0.39, 0.29) is 25.2 Å². The Morgan fingerprint density at radius 1 is 1.00 bits per heavy atom. The van der Waals surface area contributed by atoms with Crippen LogP contribution in [0.1, 0.15) is 24.8 Å². The summed E-state index contributed by atoms with van der Waals surface area (Å²) in [6.07, 6.45) is 1.41. The van der Waals surface area contributed by atoms with Gasteiger partial charge in [-0.1, -0.05) is 30.3 Å². The predicted molar refractivity (Wildman–Crippen MR) is 78.0 cm³/mol. The third kappa shape index (κ3) is 8.41. The first kappa shape index (κ1) is 16.7. The zero-order chi connectivity index (χ0) is 15.5. The molecule has 6 nitrogen and oxygen atoms in total. The van der Waals surface area contributed by atoms with Gasteiger partial charge in [-0.3, -0.25) is 9.59 Å². The van der Waals surface area contributed by atoms with E-state index < -0.39 is 12.0 Å². The van der Waals surface area contributed by atoms with E-state index in [1.54, 1.807) is 0 Å². The zero-order valence-corrected chi connectivity index (χ0v) is 11.8. The van der Waals surface area contributed by atoms with Crippen molar-refractivity contribution in [1.29, 1.82) is 0 Å². The van der Waals surface area contributed by atoms with E-state index in [1.807, 2.05) is 30.3 Å². The van der Waals surface area contributed by atoms with Crippen molar-refractivity contribution in [2.45, 2.75) is 25.7 Å². The smallest absolute Gasteiger partial charge is 0.315 e. The first-order chi connectivity index (χ1) is 10.1. The predicted octanol–water partition coefficient (Wildman–Crippen LogP) is 1.35. The van der Waals surface area contributed by atoms with Crippen LogP contribution in [-0.2, 0) is 16.0 Å². The second kappa shape index (κ2) is 9.52. The van der Waals surface area contributed by atoms with Crippen LogP contribution < -0.4 is 10.6 Å². The van der Waals surface area contributed by atoms with Gasteiger partial charge in [0.25, 0.3) is 0 Å². The van der Waals surface area contributed by atoms with Crippen molar-refractivity contribution in [3.8, 4) is 0 Å². The van der Waals surface area contributed by atoms with Gasteiger partial charge in [-0.05, 0) is 18.4 Å². The lowest BCUT2D eigenvalue weighted by Crippen LogP contribution is -2.39. The summed E-state index contributed by atoms with van der Waals surface area (Å²) in [5, 5.41) is 13.5. The first-order valence-electron chi connectivity index (χ1n) is 6.87. The van der Waals surface area contributed by atoms with E-state index in [1.165, 1.54) is 5.56 Å². The highest BCUT2D eigenvalue weighted by Gasteiger charge is 2.07. The number of hydrogen-bond acceptors (Lipinski definition) is 3. The van der Waals surface area contributed by atoms with Crippen LogP contribution in [0.15, 0.2) is 30.3 Å². The Bertz CT molecular complexity index is 474. The molecule has 3 N–H and O–H groups in total. The molecule has 1 aromatic rings. The summed E-state index contributed by atoms with van der Waals surface area (Å²) in [7, 11) is 0. The number of urea groups is 1. The lowest BCUT2D eigenvalue weighted by Gasteiger charge is -2.07. The van der Waals surface area contributed by atoms with Gasteiger partial charge in [0.2, 0.25) is 0 Å². The van der Waals surface area contributed by atoms with Crippen LogP contribution in [0.2, 0.25) is 0 Å². The lowest BCUT2D eigenvalue weighted by atomic mass is 10.1. The second-order valence-corrected chi connectivity index (χ2v) is 4.63. The average Bonchev–Trinajstić information content (AvgIpc) is 2.48. The van der Waals surface area contributed by atoms with Crippen molar-refractivity contribution in [2.75, 3.05) is 13.1 Å². The highest BCUT2D eigenvalue weighted by Crippen LogP contribution is 2.01. The van der Waals surface area contributed by atoms with Crippen molar-refractivity contribution < 1.29 is 19.5 Å². The summed E-state index contributed by atoms with van der Waals surface area (Å²) in [5.41, 5.74) is 1.21. The molecule has 0 atom stereocenters. The molecule has 0 aliphatic rings. The highest BCUT2D eigenvalue weighted by molar-refractivity contribution is 5.87. The molecule has 0 radical (unpaired) electrons. The number of carboxylic acid groups (broad SMARTS) is 1. The largest absolute Gasteiger partial charge is 0.481 e. The van der Waals surface area contributed by atoms with Crippen LogP contribution in [0.3, 0.4) is 0 Å². The standard InChI is InChI=1S/C15H20N2O4/c18-13(8-9-14(19)20)11-17-15(21)16-10-4-7-12-5-2-1-3-6-12/h1-3,5-6H,4,7-11H2,(H,19,20)(H2,16,17,21).